The van der Waals surface area contributed by atoms with Gasteiger partial charge in [0, 0.05) is 16.3 Å². The molecule has 0 aliphatic heterocycles. The minimum Gasteiger partial charge on any atom is -0.397 e. The molecule has 2 N–H and O–H groups in total. The van der Waals surface area contributed by atoms with Crippen molar-refractivity contribution in [2.45, 2.75) is 60.4 Å². The number of allylic oxidation sites excluding steroid dienone is 2. The molecule has 0 amide bonds. The molecule has 0 aliphatic carbocycles. The molecule has 3 heterocycles. The number of benzene rings is 2. The first-order chi connectivity index (χ1) is 20.8. The van der Waals surface area contributed by atoms with E-state index in [1.807, 2.05) is 55.5 Å². The standard InChI is InChI=1S/C36H37N5S2/c1-6-12-32(40-31-16-11-9-14-24(31)4)26(22-37)18-27-20-33-35(42-27)36-34(41(33)17-7-2)21-28(43-36)19-29(38)25(5)39-30-15-10-8-13-23(30)3/h8-11,13-16,18-21H,6-7,12,17,38H2,1-5H3/b26-18+,29-19-,39-25?,40-32?. The quantitative estimate of drug-likeness (QED) is 0.127. The number of nitrogens with two attached hydrogens (primary N) is 1. The van der Waals surface area contributed by atoms with E-state index in [4.69, 9.17) is 15.7 Å². The third-order valence-corrected chi connectivity index (χ3v) is 9.70. The van der Waals surface area contributed by atoms with Gasteiger partial charge in [0.15, 0.2) is 0 Å². The summed E-state index contributed by atoms with van der Waals surface area (Å²) >= 11 is 3.49. The lowest BCUT2D eigenvalue weighted by molar-refractivity contribution is 0.724. The van der Waals surface area contributed by atoms with Gasteiger partial charge < -0.3 is 10.3 Å². The Morgan fingerprint density at radius 3 is 1.95 bits per heavy atom. The summed E-state index contributed by atoms with van der Waals surface area (Å²) in [7, 11) is 0. The van der Waals surface area contributed by atoms with E-state index in [2.05, 4.69) is 62.6 Å². The summed E-state index contributed by atoms with van der Waals surface area (Å²) in [5.74, 6) is 0. The highest BCUT2D eigenvalue weighted by Crippen LogP contribution is 2.41. The minimum absolute atomic E-state index is 0.623. The molecule has 0 saturated heterocycles. The van der Waals surface area contributed by atoms with Gasteiger partial charge in [0.2, 0.25) is 0 Å². The lowest BCUT2D eigenvalue weighted by Gasteiger charge is -2.06. The highest BCUT2D eigenvalue weighted by Gasteiger charge is 2.18. The summed E-state index contributed by atoms with van der Waals surface area (Å²) in [6.45, 7) is 11.3. The highest BCUT2D eigenvalue weighted by atomic mass is 32.1. The zero-order valence-electron chi connectivity index (χ0n) is 25.4. The molecule has 0 spiro atoms. The Morgan fingerprint density at radius 2 is 1.42 bits per heavy atom. The Labute approximate surface area is 262 Å². The Kier molecular flexibility index (Phi) is 9.40. The van der Waals surface area contributed by atoms with Crippen LogP contribution in [0.5, 0.6) is 0 Å². The van der Waals surface area contributed by atoms with Crippen LogP contribution >= 0.6 is 22.7 Å². The van der Waals surface area contributed by atoms with Crippen LogP contribution in [-0.4, -0.2) is 16.0 Å². The summed E-state index contributed by atoms with van der Waals surface area (Å²) in [6.07, 6.45) is 6.74. The number of nitrogens with zero attached hydrogens (tertiary/aromatic N) is 4. The van der Waals surface area contributed by atoms with Crippen molar-refractivity contribution in [2.75, 3.05) is 0 Å². The Bertz CT molecular complexity index is 1950. The third-order valence-electron chi connectivity index (χ3n) is 7.39. The third kappa shape index (κ3) is 6.56. The number of hydrogen-bond acceptors (Lipinski definition) is 6. The second-order valence-electron chi connectivity index (χ2n) is 10.7. The van der Waals surface area contributed by atoms with Gasteiger partial charge in [-0.1, -0.05) is 56.7 Å². The van der Waals surface area contributed by atoms with Crippen LogP contribution in [0.15, 0.2) is 81.9 Å². The van der Waals surface area contributed by atoms with Crippen LogP contribution in [0.25, 0.3) is 32.6 Å². The fourth-order valence-corrected chi connectivity index (χ4v) is 7.47. The van der Waals surface area contributed by atoms with Crippen LogP contribution in [0, 0.1) is 25.2 Å². The summed E-state index contributed by atoms with van der Waals surface area (Å²) < 4.78 is 4.90. The number of hydrogen-bond donors (Lipinski definition) is 1. The number of thiophene rings is 2. The summed E-state index contributed by atoms with van der Waals surface area (Å²) in [4.78, 5) is 11.9. The molecule has 2 aromatic carbocycles. The molecule has 0 fully saturated rings. The van der Waals surface area contributed by atoms with E-state index in [1.54, 1.807) is 22.7 Å². The Morgan fingerprint density at radius 1 is 0.860 bits per heavy atom. The number of rotatable bonds is 10. The topological polar surface area (TPSA) is 79.5 Å². The van der Waals surface area contributed by atoms with Crippen molar-refractivity contribution < 1.29 is 0 Å². The van der Waals surface area contributed by atoms with Gasteiger partial charge in [0.25, 0.3) is 0 Å². The minimum atomic E-state index is 0.623. The first-order valence-corrected chi connectivity index (χ1v) is 16.4. The molecule has 0 unspecified atom stereocenters. The molecule has 3 aromatic heterocycles. The molecular weight excluding hydrogens is 567 g/mol. The van der Waals surface area contributed by atoms with Crippen LogP contribution in [0.4, 0.5) is 11.4 Å². The van der Waals surface area contributed by atoms with E-state index in [1.165, 1.54) is 20.4 Å². The Hall–Kier alpha value is -4.25. The predicted molar refractivity (Wildman–Crippen MR) is 188 cm³/mol. The van der Waals surface area contributed by atoms with Crippen LogP contribution in [0.1, 0.15) is 60.9 Å². The zero-order valence-corrected chi connectivity index (χ0v) is 27.1. The van der Waals surface area contributed by atoms with Crippen molar-refractivity contribution in [1.29, 1.82) is 5.26 Å². The average molecular weight is 604 g/mol. The van der Waals surface area contributed by atoms with Crippen LogP contribution in [0.2, 0.25) is 0 Å². The molecule has 0 atom stereocenters. The van der Waals surface area contributed by atoms with Gasteiger partial charge >= 0.3 is 0 Å². The molecule has 5 aromatic rings. The first kappa shape index (κ1) is 30.2. The number of aliphatic imine (C=N–C) groups is 2. The molecule has 0 radical (unpaired) electrons. The van der Waals surface area contributed by atoms with Gasteiger partial charge in [-0.05, 0) is 81.2 Å². The molecule has 7 heteroatoms. The number of nitriles is 1. The van der Waals surface area contributed by atoms with E-state index in [9.17, 15) is 5.26 Å². The molecule has 5 rings (SSSR count). The number of aromatic nitrogens is 1. The fraction of sp³-hybridized carbons (Fsp3) is 0.250. The summed E-state index contributed by atoms with van der Waals surface area (Å²) in [5, 5.41) is 10.2. The van der Waals surface area contributed by atoms with Crippen molar-refractivity contribution in [3.63, 3.8) is 0 Å². The maximum Gasteiger partial charge on any atom is 0.101 e. The van der Waals surface area contributed by atoms with Crippen LogP contribution in [-0.2, 0) is 6.54 Å². The lowest BCUT2D eigenvalue weighted by Crippen LogP contribution is -2.06. The van der Waals surface area contributed by atoms with E-state index in [-0.39, 0.29) is 0 Å². The number of fused-ring (bicyclic) bond motifs is 3. The van der Waals surface area contributed by atoms with Crippen LogP contribution in [0.3, 0.4) is 0 Å². The molecule has 5 nitrogen and oxygen atoms in total. The van der Waals surface area contributed by atoms with Gasteiger partial charge in [-0.2, -0.15) is 5.26 Å². The highest BCUT2D eigenvalue weighted by molar-refractivity contribution is 7.28. The fourth-order valence-electron chi connectivity index (χ4n) is 5.10. The normalized spacial score (nSPS) is 13.3. The van der Waals surface area contributed by atoms with Gasteiger partial charge in [-0.25, -0.2) is 0 Å². The van der Waals surface area contributed by atoms with Gasteiger partial charge in [-0.3, -0.25) is 9.98 Å². The van der Waals surface area contributed by atoms with Gasteiger partial charge in [0.1, 0.15) is 6.07 Å². The SMILES string of the molecule is CCCC(=Nc1ccccc1C)/C(C#N)=C/c1cc2c(s1)c1sc(/C=C(\N)C(C)=Nc3ccccc3C)cc1n2CCC. The van der Waals surface area contributed by atoms with E-state index in [0.29, 0.717) is 11.3 Å². The zero-order chi connectivity index (χ0) is 30.5. The summed E-state index contributed by atoms with van der Waals surface area (Å²) in [6, 6.07) is 23.0. The van der Waals surface area contributed by atoms with Crippen molar-refractivity contribution in [3.05, 3.63) is 92.8 Å². The number of para-hydroxylation sites is 2. The van der Waals surface area contributed by atoms with E-state index >= 15 is 0 Å². The first-order valence-electron chi connectivity index (χ1n) is 14.7. The Balaban J connectivity index is 1.54. The van der Waals surface area contributed by atoms with E-state index in [0.717, 1.165) is 69.5 Å². The molecule has 0 saturated carbocycles. The second kappa shape index (κ2) is 13.4. The van der Waals surface area contributed by atoms with Crippen molar-refractivity contribution in [3.8, 4) is 6.07 Å². The second-order valence-corrected chi connectivity index (χ2v) is 12.9. The maximum absolute atomic E-state index is 10.2. The van der Waals surface area contributed by atoms with E-state index < -0.39 is 0 Å². The molecule has 43 heavy (non-hydrogen) atoms. The van der Waals surface area contributed by atoms with Crippen molar-refractivity contribution in [2.24, 2.45) is 15.7 Å². The van der Waals surface area contributed by atoms with Crippen molar-refractivity contribution >= 4 is 78.1 Å². The summed E-state index contributed by atoms with van der Waals surface area (Å²) in [5.41, 5.74) is 16.0. The van der Waals surface area contributed by atoms with Crippen LogP contribution < -0.4 is 5.73 Å². The molecule has 218 valence electrons. The molecular formula is C36H37N5S2. The molecule has 0 aliphatic rings. The lowest BCUT2D eigenvalue weighted by atomic mass is 10.1. The van der Waals surface area contributed by atoms with Gasteiger partial charge in [0.05, 0.1) is 54.5 Å². The smallest absolute Gasteiger partial charge is 0.101 e. The number of aryl methyl sites for hydroxylation is 3. The largest absolute Gasteiger partial charge is 0.397 e. The average Bonchev–Trinajstić information content (AvgIpc) is 3.66. The predicted octanol–water partition coefficient (Wildman–Crippen LogP) is 10.5. The molecule has 0 bridgehead atoms. The maximum atomic E-state index is 10.2. The van der Waals surface area contributed by atoms with Crippen molar-refractivity contribution in [1.82, 2.24) is 4.57 Å². The monoisotopic (exact) mass is 603 g/mol. The van der Waals surface area contributed by atoms with Gasteiger partial charge in [-0.15, -0.1) is 22.7 Å².